The zero-order valence-corrected chi connectivity index (χ0v) is 17.1. The second kappa shape index (κ2) is 9.62. The van der Waals surface area contributed by atoms with E-state index in [1.165, 1.54) is 0 Å². The van der Waals surface area contributed by atoms with E-state index in [2.05, 4.69) is 5.32 Å². The van der Waals surface area contributed by atoms with E-state index < -0.39 is 5.91 Å². The number of amides is 2. The van der Waals surface area contributed by atoms with Gasteiger partial charge >= 0.3 is 0 Å². The van der Waals surface area contributed by atoms with Crippen LogP contribution in [0.1, 0.15) is 44.1 Å². The molecule has 29 heavy (non-hydrogen) atoms. The van der Waals surface area contributed by atoms with Gasteiger partial charge in [-0.05, 0) is 43.5 Å². The van der Waals surface area contributed by atoms with E-state index in [0.29, 0.717) is 35.7 Å². The van der Waals surface area contributed by atoms with Crippen LogP contribution in [0, 0.1) is 6.92 Å². The summed E-state index contributed by atoms with van der Waals surface area (Å²) in [5.41, 5.74) is 3.12. The number of unbranched alkanes of at least 4 members (excludes halogenated alkanes) is 3. The fraction of sp³-hybridized carbons (Fsp3) is 0.318. The topological polar surface area (TPSA) is 95.5 Å². The van der Waals surface area contributed by atoms with Gasteiger partial charge < -0.3 is 5.32 Å². The van der Waals surface area contributed by atoms with Crippen LogP contribution in [0.25, 0.3) is 20.2 Å². The number of carbonyl (C=O) groups is 2. The van der Waals surface area contributed by atoms with Crippen LogP contribution in [-0.2, 0) is 9.59 Å². The second-order valence-corrected chi connectivity index (χ2v) is 8.11. The lowest BCUT2D eigenvalue weighted by Crippen LogP contribution is -2.17. The van der Waals surface area contributed by atoms with Crippen LogP contribution in [0.15, 0.2) is 41.2 Å². The summed E-state index contributed by atoms with van der Waals surface area (Å²) >= 11 is 1.56. The van der Waals surface area contributed by atoms with Crippen molar-refractivity contribution < 1.29 is 14.8 Å². The molecule has 0 unspecified atom stereocenters. The Morgan fingerprint density at radius 2 is 1.66 bits per heavy atom. The highest BCUT2D eigenvalue weighted by atomic mass is 32.1. The standard InChI is InChI=1S/C22H24N2O4S/c1-14-12-13-16(23-18(25)10-4-2-3-5-11-19(26)24-28)20-21(27)15-8-6-7-9-17(15)29-22(14)20/h6-9,12-13,28H,2-5,10-11H2,1H3,(H,23,25)(H,24,26). The number of anilines is 1. The Morgan fingerprint density at radius 3 is 2.38 bits per heavy atom. The lowest BCUT2D eigenvalue weighted by molar-refractivity contribution is -0.129. The first-order valence-electron chi connectivity index (χ1n) is 9.69. The number of hydrogen-bond acceptors (Lipinski definition) is 5. The predicted octanol–water partition coefficient (Wildman–Crippen LogP) is 4.51. The molecule has 0 aliphatic heterocycles. The van der Waals surface area contributed by atoms with Gasteiger partial charge in [-0.2, -0.15) is 0 Å². The molecule has 0 radical (unpaired) electrons. The molecular weight excluding hydrogens is 388 g/mol. The maximum absolute atomic E-state index is 13.1. The monoisotopic (exact) mass is 412 g/mol. The summed E-state index contributed by atoms with van der Waals surface area (Å²) in [4.78, 5) is 36.4. The van der Waals surface area contributed by atoms with Crippen LogP contribution in [0.4, 0.5) is 5.69 Å². The Kier molecular flexibility index (Phi) is 6.95. The van der Waals surface area contributed by atoms with Crippen molar-refractivity contribution >= 4 is 49.0 Å². The van der Waals surface area contributed by atoms with Crippen molar-refractivity contribution in [1.29, 1.82) is 0 Å². The molecule has 2 aromatic carbocycles. The lowest BCUT2D eigenvalue weighted by Gasteiger charge is -2.11. The molecule has 152 valence electrons. The summed E-state index contributed by atoms with van der Waals surface area (Å²) in [5, 5.41) is 12.6. The molecule has 0 saturated heterocycles. The first-order valence-corrected chi connectivity index (χ1v) is 10.5. The van der Waals surface area contributed by atoms with Gasteiger partial charge in [0.05, 0.1) is 11.1 Å². The summed E-state index contributed by atoms with van der Waals surface area (Å²) in [6.45, 7) is 1.97. The molecule has 0 atom stereocenters. The van der Waals surface area contributed by atoms with E-state index in [1.54, 1.807) is 22.9 Å². The van der Waals surface area contributed by atoms with Crippen LogP contribution in [0.2, 0.25) is 0 Å². The Hall–Kier alpha value is -2.77. The van der Waals surface area contributed by atoms with Gasteiger partial charge in [-0.3, -0.25) is 19.6 Å². The number of benzene rings is 2. The quantitative estimate of drug-likeness (QED) is 0.220. The molecule has 1 heterocycles. The molecular formula is C22H24N2O4S. The highest BCUT2D eigenvalue weighted by molar-refractivity contribution is 7.24. The zero-order valence-electron chi connectivity index (χ0n) is 16.3. The molecule has 2 amide bonds. The molecule has 3 N–H and O–H groups in total. The van der Waals surface area contributed by atoms with Gasteiger partial charge in [-0.1, -0.05) is 31.0 Å². The molecule has 3 rings (SSSR count). The van der Waals surface area contributed by atoms with Crippen molar-refractivity contribution in [3.63, 3.8) is 0 Å². The first kappa shape index (κ1) is 21.0. The second-order valence-electron chi connectivity index (χ2n) is 7.06. The minimum Gasteiger partial charge on any atom is -0.325 e. The van der Waals surface area contributed by atoms with Gasteiger partial charge in [0, 0.05) is 27.6 Å². The Bertz CT molecular complexity index is 1110. The highest BCUT2D eigenvalue weighted by Crippen LogP contribution is 2.31. The third-order valence-electron chi connectivity index (χ3n) is 4.88. The Labute approximate surface area is 172 Å². The van der Waals surface area contributed by atoms with Crippen molar-refractivity contribution in [3.8, 4) is 0 Å². The van der Waals surface area contributed by atoms with Crippen molar-refractivity contribution in [2.24, 2.45) is 0 Å². The lowest BCUT2D eigenvalue weighted by atomic mass is 10.1. The minimum atomic E-state index is -0.393. The van der Waals surface area contributed by atoms with Crippen LogP contribution < -0.4 is 16.2 Å². The predicted molar refractivity (Wildman–Crippen MR) is 117 cm³/mol. The van der Waals surface area contributed by atoms with Crippen LogP contribution >= 0.6 is 11.3 Å². The number of aryl methyl sites for hydroxylation is 1. The number of nitrogens with one attached hydrogen (secondary N) is 2. The fourth-order valence-corrected chi connectivity index (χ4v) is 4.50. The molecule has 0 aliphatic carbocycles. The van der Waals surface area contributed by atoms with Crippen LogP contribution in [-0.4, -0.2) is 17.0 Å². The molecule has 0 spiro atoms. The van der Waals surface area contributed by atoms with E-state index >= 15 is 0 Å². The van der Waals surface area contributed by atoms with Crippen LogP contribution in [0.5, 0.6) is 0 Å². The largest absolute Gasteiger partial charge is 0.325 e. The molecule has 1 aromatic heterocycles. The summed E-state index contributed by atoms with van der Waals surface area (Å²) in [7, 11) is 0. The summed E-state index contributed by atoms with van der Waals surface area (Å²) < 4.78 is 1.83. The van der Waals surface area contributed by atoms with Gasteiger partial charge in [0.2, 0.25) is 11.8 Å². The first-order chi connectivity index (χ1) is 14.0. The fourth-order valence-electron chi connectivity index (χ4n) is 3.33. The Balaban J connectivity index is 1.69. The molecule has 0 aliphatic rings. The van der Waals surface area contributed by atoms with Gasteiger partial charge in [0.25, 0.3) is 0 Å². The van der Waals surface area contributed by atoms with Gasteiger partial charge in [0.15, 0.2) is 5.43 Å². The number of carbonyl (C=O) groups excluding carboxylic acids is 2. The summed E-state index contributed by atoms with van der Waals surface area (Å²) in [5.74, 6) is -0.517. The normalized spacial score (nSPS) is 11.0. The SMILES string of the molecule is Cc1ccc(NC(=O)CCCCCCC(=O)NO)c2c(=O)c3ccccc3sc12. The maximum atomic E-state index is 13.1. The van der Waals surface area contributed by atoms with Crippen molar-refractivity contribution in [2.45, 2.75) is 45.4 Å². The molecule has 0 saturated carbocycles. The zero-order chi connectivity index (χ0) is 20.8. The number of rotatable bonds is 8. The molecule has 0 bridgehead atoms. The smallest absolute Gasteiger partial charge is 0.243 e. The number of hydroxylamine groups is 1. The van der Waals surface area contributed by atoms with Gasteiger partial charge in [-0.15, -0.1) is 11.3 Å². The van der Waals surface area contributed by atoms with Crippen molar-refractivity contribution in [2.75, 3.05) is 5.32 Å². The Morgan fingerprint density at radius 1 is 0.966 bits per heavy atom. The average Bonchev–Trinajstić information content (AvgIpc) is 2.72. The highest BCUT2D eigenvalue weighted by Gasteiger charge is 2.13. The van der Waals surface area contributed by atoms with Crippen molar-refractivity contribution in [3.05, 3.63) is 52.2 Å². The van der Waals surface area contributed by atoms with E-state index in [0.717, 1.165) is 27.8 Å². The molecule has 6 nitrogen and oxygen atoms in total. The summed E-state index contributed by atoms with van der Waals surface area (Å²) in [6, 6.07) is 11.2. The van der Waals surface area contributed by atoms with E-state index in [-0.39, 0.29) is 17.8 Å². The molecule has 7 heteroatoms. The summed E-state index contributed by atoms with van der Waals surface area (Å²) in [6.07, 6.45) is 3.63. The number of hydrogen-bond donors (Lipinski definition) is 3. The minimum absolute atomic E-state index is 0.0597. The van der Waals surface area contributed by atoms with Crippen LogP contribution in [0.3, 0.4) is 0 Å². The van der Waals surface area contributed by atoms with Crippen molar-refractivity contribution in [1.82, 2.24) is 5.48 Å². The maximum Gasteiger partial charge on any atom is 0.243 e. The number of fused-ring (bicyclic) bond motifs is 2. The van der Waals surface area contributed by atoms with E-state index in [1.807, 2.05) is 37.3 Å². The molecule has 0 fully saturated rings. The van der Waals surface area contributed by atoms with E-state index in [4.69, 9.17) is 5.21 Å². The average molecular weight is 413 g/mol. The molecule has 3 aromatic rings. The van der Waals surface area contributed by atoms with Gasteiger partial charge in [0.1, 0.15) is 0 Å². The van der Waals surface area contributed by atoms with E-state index in [9.17, 15) is 14.4 Å². The third-order valence-corrected chi connectivity index (χ3v) is 6.19. The third kappa shape index (κ3) is 4.99. The van der Waals surface area contributed by atoms with Gasteiger partial charge in [-0.25, -0.2) is 5.48 Å².